The van der Waals surface area contributed by atoms with E-state index >= 15 is 0 Å². The lowest BCUT2D eigenvalue weighted by atomic mass is 10.2. The van der Waals surface area contributed by atoms with E-state index in [4.69, 9.17) is 14.2 Å². The molecule has 1 atom stereocenters. The number of nitrogens with one attached hydrogen (secondary N) is 1. The summed E-state index contributed by atoms with van der Waals surface area (Å²) in [5.74, 6) is -1.87. The Kier molecular flexibility index (Phi) is 7.70. The molecule has 29 heavy (non-hydrogen) atoms. The van der Waals surface area contributed by atoms with Crippen molar-refractivity contribution in [3.63, 3.8) is 0 Å². The largest absolute Gasteiger partial charge is 0.479 e. The van der Waals surface area contributed by atoms with E-state index in [2.05, 4.69) is 5.32 Å². The maximum atomic E-state index is 12.9. The van der Waals surface area contributed by atoms with Gasteiger partial charge in [0.2, 0.25) is 0 Å². The number of benzene rings is 2. The number of carbonyl (C=O) groups is 3. The van der Waals surface area contributed by atoms with E-state index < -0.39 is 36.4 Å². The molecule has 0 aliphatic rings. The van der Waals surface area contributed by atoms with Crippen LogP contribution in [0.2, 0.25) is 0 Å². The van der Waals surface area contributed by atoms with Crippen molar-refractivity contribution in [2.24, 2.45) is 0 Å². The van der Waals surface area contributed by atoms with Crippen LogP contribution in [0, 0.1) is 5.82 Å². The molecule has 0 radical (unpaired) electrons. The highest BCUT2D eigenvalue weighted by molar-refractivity contribution is 5.94. The molecule has 0 bridgehead atoms. The molecule has 0 unspecified atom stereocenters. The van der Waals surface area contributed by atoms with Crippen molar-refractivity contribution in [3.05, 3.63) is 59.9 Å². The molecule has 1 N–H and O–H groups in total. The van der Waals surface area contributed by atoms with Gasteiger partial charge in [-0.3, -0.25) is 4.79 Å². The highest BCUT2D eigenvalue weighted by atomic mass is 19.1. The summed E-state index contributed by atoms with van der Waals surface area (Å²) in [5.41, 5.74) is 0.789. The van der Waals surface area contributed by atoms with Crippen LogP contribution in [-0.2, 0) is 19.1 Å². The number of amides is 1. The van der Waals surface area contributed by atoms with E-state index in [1.807, 2.05) is 0 Å². The lowest BCUT2D eigenvalue weighted by molar-refractivity contribution is -0.153. The molecule has 8 heteroatoms. The normalized spacial score (nSPS) is 11.5. The summed E-state index contributed by atoms with van der Waals surface area (Å²) in [6.07, 6.45) is -1.20. The fourth-order valence-corrected chi connectivity index (χ4v) is 2.19. The molecule has 2 rings (SSSR count). The molecule has 1 amide bonds. The van der Waals surface area contributed by atoms with Crippen molar-refractivity contribution in [3.8, 4) is 5.75 Å². The van der Waals surface area contributed by atoms with Gasteiger partial charge in [-0.15, -0.1) is 0 Å². The minimum Gasteiger partial charge on any atom is -0.479 e. The summed E-state index contributed by atoms with van der Waals surface area (Å²) < 4.78 is 28.2. The molecule has 0 saturated carbocycles. The van der Waals surface area contributed by atoms with Crippen LogP contribution >= 0.6 is 0 Å². The lowest BCUT2D eigenvalue weighted by Gasteiger charge is -2.14. The number of rotatable bonds is 8. The van der Waals surface area contributed by atoms with E-state index in [-0.39, 0.29) is 6.10 Å². The Morgan fingerprint density at radius 2 is 1.59 bits per heavy atom. The van der Waals surface area contributed by atoms with Gasteiger partial charge in [-0.1, -0.05) is 0 Å². The van der Waals surface area contributed by atoms with Crippen LogP contribution in [0.5, 0.6) is 5.75 Å². The molecular weight excluding hydrogens is 381 g/mol. The van der Waals surface area contributed by atoms with E-state index in [0.717, 1.165) is 0 Å². The van der Waals surface area contributed by atoms with Crippen molar-refractivity contribution < 1.29 is 33.0 Å². The molecular formula is C21H22FNO6. The van der Waals surface area contributed by atoms with Crippen LogP contribution in [0.25, 0.3) is 0 Å². The number of halogens is 1. The SMILES string of the molecule is CC(C)OC(=O)c1ccc(NC(=O)COC(=O)[C@H](C)Oc2ccc(F)cc2)cc1. The molecule has 0 aliphatic heterocycles. The number of hydrogen-bond donors (Lipinski definition) is 1. The Morgan fingerprint density at radius 3 is 2.17 bits per heavy atom. The Balaban J connectivity index is 1.79. The van der Waals surface area contributed by atoms with Crippen molar-refractivity contribution in [1.82, 2.24) is 0 Å². The van der Waals surface area contributed by atoms with Crippen LogP contribution in [0.3, 0.4) is 0 Å². The maximum absolute atomic E-state index is 12.9. The van der Waals surface area contributed by atoms with Gasteiger partial charge >= 0.3 is 11.9 Å². The molecule has 2 aromatic carbocycles. The lowest BCUT2D eigenvalue weighted by Crippen LogP contribution is -2.29. The first-order valence-corrected chi connectivity index (χ1v) is 8.94. The van der Waals surface area contributed by atoms with Gasteiger partial charge in [0.05, 0.1) is 11.7 Å². The summed E-state index contributed by atoms with van der Waals surface area (Å²) in [6, 6.07) is 11.3. The Hall–Kier alpha value is -3.42. The maximum Gasteiger partial charge on any atom is 0.347 e. The van der Waals surface area contributed by atoms with Crippen LogP contribution < -0.4 is 10.1 Å². The first-order valence-electron chi connectivity index (χ1n) is 8.94. The third-order valence-electron chi connectivity index (χ3n) is 3.55. The standard InChI is InChI=1S/C21H22FNO6/c1-13(2)28-21(26)15-4-8-17(9-5-15)23-19(24)12-27-20(25)14(3)29-18-10-6-16(22)7-11-18/h4-11,13-14H,12H2,1-3H3,(H,23,24)/t14-/m0/s1. The molecule has 0 aromatic heterocycles. The minimum absolute atomic E-state index is 0.231. The summed E-state index contributed by atoms with van der Waals surface area (Å²) in [6.45, 7) is 4.45. The van der Waals surface area contributed by atoms with Crippen molar-refractivity contribution >= 4 is 23.5 Å². The zero-order chi connectivity index (χ0) is 21.4. The van der Waals surface area contributed by atoms with Gasteiger partial charge in [-0.05, 0) is 69.3 Å². The molecule has 0 aliphatic carbocycles. The van der Waals surface area contributed by atoms with Gasteiger partial charge in [0, 0.05) is 5.69 Å². The number of carbonyl (C=O) groups excluding carboxylic acids is 3. The molecule has 0 heterocycles. The van der Waals surface area contributed by atoms with Gasteiger partial charge in [-0.2, -0.15) is 0 Å². The molecule has 2 aromatic rings. The average molecular weight is 403 g/mol. The fourth-order valence-electron chi connectivity index (χ4n) is 2.19. The number of hydrogen-bond acceptors (Lipinski definition) is 6. The topological polar surface area (TPSA) is 90.9 Å². The number of anilines is 1. The molecule has 0 fully saturated rings. The van der Waals surface area contributed by atoms with Crippen LogP contribution in [0.4, 0.5) is 10.1 Å². The van der Waals surface area contributed by atoms with E-state index in [1.54, 1.807) is 13.8 Å². The highest BCUT2D eigenvalue weighted by Gasteiger charge is 2.18. The van der Waals surface area contributed by atoms with Gasteiger partial charge < -0.3 is 19.5 Å². The second kappa shape index (κ2) is 10.2. The zero-order valence-corrected chi connectivity index (χ0v) is 16.3. The first-order chi connectivity index (χ1) is 13.7. The smallest absolute Gasteiger partial charge is 0.347 e. The Labute approximate surface area is 167 Å². The predicted molar refractivity (Wildman–Crippen MR) is 103 cm³/mol. The van der Waals surface area contributed by atoms with Gasteiger partial charge in [0.1, 0.15) is 11.6 Å². The van der Waals surface area contributed by atoms with E-state index in [1.165, 1.54) is 55.5 Å². The molecule has 0 spiro atoms. The summed E-state index contributed by atoms with van der Waals surface area (Å²) in [7, 11) is 0. The number of esters is 2. The van der Waals surface area contributed by atoms with Crippen molar-refractivity contribution in [2.75, 3.05) is 11.9 Å². The van der Waals surface area contributed by atoms with Crippen LogP contribution in [-0.4, -0.2) is 36.7 Å². The Morgan fingerprint density at radius 1 is 0.966 bits per heavy atom. The fraction of sp³-hybridized carbons (Fsp3) is 0.286. The summed E-state index contributed by atoms with van der Waals surface area (Å²) in [4.78, 5) is 35.6. The van der Waals surface area contributed by atoms with E-state index in [9.17, 15) is 18.8 Å². The zero-order valence-electron chi connectivity index (χ0n) is 16.3. The summed E-state index contributed by atoms with van der Waals surface area (Å²) in [5, 5.41) is 2.55. The van der Waals surface area contributed by atoms with Crippen LogP contribution in [0.1, 0.15) is 31.1 Å². The van der Waals surface area contributed by atoms with Gasteiger partial charge in [0.15, 0.2) is 12.7 Å². The van der Waals surface area contributed by atoms with Crippen molar-refractivity contribution in [1.29, 1.82) is 0 Å². The second-order valence-corrected chi connectivity index (χ2v) is 6.40. The highest BCUT2D eigenvalue weighted by Crippen LogP contribution is 2.14. The molecule has 154 valence electrons. The monoisotopic (exact) mass is 403 g/mol. The predicted octanol–water partition coefficient (Wildman–Crippen LogP) is 3.34. The van der Waals surface area contributed by atoms with Gasteiger partial charge in [0.25, 0.3) is 5.91 Å². The second-order valence-electron chi connectivity index (χ2n) is 6.40. The van der Waals surface area contributed by atoms with Crippen molar-refractivity contribution in [2.45, 2.75) is 33.0 Å². The van der Waals surface area contributed by atoms with Gasteiger partial charge in [-0.25, -0.2) is 14.0 Å². The van der Waals surface area contributed by atoms with Crippen LogP contribution in [0.15, 0.2) is 48.5 Å². The van der Waals surface area contributed by atoms with E-state index in [0.29, 0.717) is 17.0 Å². The quantitative estimate of drug-likeness (QED) is 0.680. The Bertz CT molecular complexity index is 848. The molecule has 0 saturated heterocycles. The number of ether oxygens (including phenoxy) is 3. The summed E-state index contributed by atoms with van der Waals surface area (Å²) >= 11 is 0. The first kappa shape index (κ1) is 21.9. The average Bonchev–Trinajstić information content (AvgIpc) is 2.67. The third-order valence-corrected chi connectivity index (χ3v) is 3.55. The minimum atomic E-state index is -0.973. The molecule has 7 nitrogen and oxygen atoms in total. The third kappa shape index (κ3) is 7.25.